The van der Waals surface area contributed by atoms with E-state index < -0.39 is 0 Å². The first-order valence-corrected chi connectivity index (χ1v) is 10.0. The molecule has 0 saturated heterocycles. The predicted octanol–water partition coefficient (Wildman–Crippen LogP) is 2.64. The van der Waals surface area contributed by atoms with Gasteiger partial charge < -0.3 is 26.0 Å². The number of halogens is 1. The number of hydrogen-bond acceptors (Lipinski definition) is 4. The average Bonchev–Trinajstić information content (AvgIpc) is 3.41. The van der Waals surface area contributed by atoms with E-state index in [9.17, 15) is 9.59 Å². The summed E-state index contributed by atoms with van der Waals surface area (Å²) in [6, 6.07) is 7.71. The van der Waals surface area contributed by atoms with E-state index in [4.69, 9.17) is 4.74 Å². The second-order valence-corrected chi connectivity index (χ2v) is 8.47. The molecule has 0 unspecified atom stereocenters. The van der Waals surface area contributed by atoms with Crippen LogP contribution >= 0.6 is 24.0 Å². The van der Waals surface area contributed by atoms with Gasteiger partial charge in [-0.05, 0) is 71.7 Å². The van der Waals surface area contributed by atoms with Gasteiger partial charge in [-0.3, -0.25) is 9.59 Å². The lowest BCUT2D eigenvalue weighted by Gasteiger charge is -2.20. The van der Waals surface area contributed by atoms with Crippen LogP contribution < -0.4 is 26.0 Å². The number of anilines is 1. The van der Waals surface area contributed by atoms with Crippen molar-refractivity contribution in [3.8, 4) is 5.75 Å². The first kappa shape index (κ1) is 26.0. The molecule has 0 atom stereocenters. The van der Waals surface area contributed by atoms with Crippen molar-refractivity contribution in [1.29, 1.82) is 0 Å². The van der Waals surface area contributed by atoms with E-state index in [0.29, 0.717) is 12.0 Å². The maximum absolute atomic E-state index is 12.1. The van der Waals surface area contributed by atoms with Gasteiger partial charge in [-0.1, -0.05) is 0 Å². The van der Waals surface area contributed by atoms with Crippen molar-refractivity contribution >= 4 is 47.4 Å². The van der Waals surface area contributed by atoms with Gasteiger partial charge in [0, 0.05) is 17.3 Å². The number of nitrogens with one attached hydrogen (secondary N) is 4. The van der Waals surface area contributed by atoms with E-state index in [1.54, 1.807) is 0 Å². The van der Waals surface area contributed by atoms with Gasteiger partial charge in [-0.15, -0.1) is 24.0 Å². The third kappa shape index (κ3) is 11.2. The standard InChI is InChI=1S/C21H33N5O3.HI/c1-14(2)29-17-10-8-16(9-11-17)25-20(22-12-18(27)24-15-6-7-15)23-13-19(28)26-21(3,4)5;/h8-11,14-15H,6-7,12-13H2,1-5H3,(H,24,27)(H,26,28)(H2,22,23,25);1H. The van der Waals surface area contributed by atoms with E-state index in [-0.39, 0.29) is 60.5 Å². The fourth-order valence-electron chi connectivity index (χ4n) is 2.44. The van der Waals surface area contributed by atoms with Crippen LogP contribution in [0.2, 0.25) is 0 Å². The fourth-order valence-corrected chi connectivity index (χ4v) is 2.44. The SMILES string of the molecule is CC(C)Oc1ccc(NC(=NCC(=O)NC(C)(C)C)NCC(=O)NC2CC2)cc1.I. The lowest BCUT2D eigenvalue weighted by molar-refractivity contribution is -0.121. The van der Waals surface area contributed by atoms with Crippen LogP contribution in [-0.2, 0) is 9.59 Å². The van der Waals surface area contributed by atoms with Gasteiger partial charge in [0.15, 0.2) is 5.96 Å². The zero-order chi connectivity index (χ0) is 21.4. The molecule has 1 aromatic rings. The number of amides is 2. The van der Waals surface area contributed by atoms with Crippen LogP contribution in [0.1, 0.15) is 47.5 Å². The smallest absolute Gasteiger partial charge is 0.242 e. The Morgan fingerprint density at radius 3 is 2.30 bits per heavy atom. The lowest BCUT2D eigenvalue weighted by atomic mass is 10.1. The molecular weight excluding hydrogens is 497 g/mol. The highest BCUT2D eigenvalue weighted by atomic mass is 127. The summed E-state index contributed by atoms with van der Waals surface area (Å²) < 4.78 is 5.64. The molecule has 9 heteroatoms. The first-order chi connectivity index (χ1) is 13.6. The van der Waals surface area contributed by atoms with Crippen molar-refractivity contribution < 1.29 is 14.3 Å². The van der Waals surface area contributed by atoms with Crippen molar-refractivity contribution in [1.82, 2.24) is 16.0 Å². The number of hydrogen-bond donors (Lipinski definition) is 4. The van der Waals surface area contributed by atoms with Crippen LogP contribution in [-0.4, -0.2) is 48.5 Å². The minimum Gasteiger partial charge on any atom is -0.491 e. The molecule has 4 N–H and O–H groups in total. The van der Waals surface area contributed by atoms with Crippen LogP contribution in [0.15, 0.2) is 29.3 Å². The Bertz CT molecular complexity index is 725. The zero-order valence-corrected chi connectivity index (χ0v) is 20.7. The number of rotatable bonds is 8. The molecule has 0 spiro atoms. The zero-order valence-electron chi connectivity index (χ0n) is 18.4. The summed E-state index contributed by atoms with van der Waals surface area (Å²) in [5, 5.41) is 11.9. The highest BCUT2D eigenvalue weighted by Gasteiger charge is 2.23. The Morgan fingerprint density at radius 1 is 1.13 bits per heavy atom. The molecular formula is C21H34IN5O3. The molecule has 1 fully saturated rings. The molecule has 30 heavy (non-hydrogen) atoms. The summed E-state index contributed by atoms with van der Waals surface area (Å²) >= 11 is 0. The molecule has 0 bridgehead atoms. The summed E-state index contributed by atoms with van der Waals surface area (Å²) in [6.07, 6.45) is 2.16. The van der Waals surface area contributed by atoms with Crippen molar-refractivity contribution in [3.63, 3.8) is 0 Å². The van der Waals surface area contributed by atoms with Gasteiger partial charge in [-0.25, -0.2) is 4.99 Å². The molecule has 168 valence electrons. The quantitative estimate of drug-likeness (QED) is 0.235. The molecule has 2 amide bonds. The van der Waals surface area contributed by atoms with Gasteiger partial charge >= 0.3 is 0 Å². The fraction of sp³-hybridized carbons (Fsp3) is 0.571. The minimum atomic E-state index is -0.329. The highest BCUT2D eigenvalue weighted by Crippen LogP contribution is 2.18. The molecule has 1 aromatic carbocycles. The van der Waals surface area contributed by atoms with Gasteiger partial charge in [0.05, 0.1) is 12.6 Å². The number of guanidine groups is 1. The molecule has 0 aliphatic heterocycles. The van der Waals surface area contributed by atoms with Gasteiger partial charge in [-0.2, -0.15) is 0 Å². The molecule has 1 aliphatic carbocycles. The number of ether oxygens (including phenoxy) is 1. The molecule has 0 heterocycles. The van der Waals surface area contributed by atoms with Crippen molar-refractivity contribution in [2.75, 3.05) is 18.4 Å². The van der Waals surface area contributed by atoms with E-state index in [2.05, 4.69) is 26.3 Å². The van der Waals surface area contributed by atoms with Crippen LogP contribution in [0.25, 0.3) is 0 Å². The van der Waals surface area contributed by atoms with Crippen molar-refractivity contribution in [2.45, 2.75) is 65.1 Å². The van der Waals surface area contributed by atoms with E-state index in [1.165, 1.54) is 0 Å². The second kappa shape index (κ2) is 12.0. The van der Waals surface area contributed by atoms with E-state index in [1.807, 2.05) is 58.9 Å². The maximum atomic E-state index is 12.1. The Balaban J connectivity index is 0.00000450. The predicted molar refractivity (Wildman–Crippen MR) is 131 cm³/mol. The summed E-state index contributed by atoms with van der Waals surface area (Å²) in [7, 11) is 0. The largest absolute Gasteiger partial charge is 0.491 e. The topological polar surface area (TPSA) is 104 Å². The average molecular weight is 531 g/mol. The van der Waals surface area contributed by atoms with E-state index in [0.717, 1.165) is 24.3 Å². The molecule has 0 aromatic heterocycles. The molecule has 8 nitrogen and oxygen atoms in total. The third-order valence-electron chi connectivity index (χ3n) is 3.74. The summed E-state index contributed by atoms with van der Waals surface area (Å²) in [4.78, 5) is 28.4. The second-order valence-electron chi connectivity index (χ2n) is 8.47. The van der Waals surface area contributed by atoms with Crippen molar-refractivity contribution in [3.05, 3.63) is 24.3 Å². The van der Waals surface area contributed by atoms with Crippen LogP contribution in [0, 0.1) is 0 Å². The van der Waals surface area contributed by atoms with Gasteiger partial charge in [0.1, 0.15) is 12.3 Å². The van der Waals surface area contributed by atoms with E-state index >= 15 is 0 Å². The van der Waals surface area contributed by atoms with Crippen LogP contribution in [0.5, 0.6) is 5.75 Å². The number of benzene rings is 1. The number of aliphatic imine (C=N–C) groups is 1. The van der Waals surface area contributed by atoms with Crippen LogP contribution in [0.4, 0.5) is 5.69 Å². The summed E-state index contributed by atoms with van der Waals surface area (Å²) in [5.74, 6) is 0.839. The highest BCUT2D eigenvalue weighted by molar-refractivity contribution is 14.0. The van der Waals surface area contributed by atoms with Gasteiger partial charge in [0.25, 0.3) is 0 Å². The first-order valence-electron chi connectivity index (χ1n) is 10.0. The Kier molecular flexibility index (Phi) is 10.4. The lowest BCUT2D eigenvalue weighted by Crippen LogP contribution is -2.43. The molecule has 1 aliphatic rings. The molecule has 0 radical (unpaired) electrons. The Morgan fingerprint density at radius 2 is 1.77 bits per heavy atom. The minimum absolute atomic E-state index is 0. The van der Waals surface area contributed by atoms with Gasteiger partial charge in [0.2, 0.25) is 11.8 Å². The van der Waals surface area contributed by atoms with Crippen LogP contribution in [0.3, 0.4) is 0 Å². The number of carbonyl (C=O) groups excluding carboxylic acids is 2. The normalized spacial score (nSPS) is 13.9. The number of carbonyl (C=O) groups is 2. The Hall–Kier alpha value is -2.04. The summed E-state index contributed by atoms with van der Waals surface area (Å²) in [6.45, 7) is 9.70. The third-order valence-corrected chi connectivity index (χ3v) is 3.74. The van der Waals surface area contributed by atoms with Crippen molar-refractivity contribution in [2.24, 2.45) is 4.99 Å². The monoisotopic (exact) mass is 531 g/mol. The maximum Gasteiger partial charge on any atom is 0.242 e. The molecule has 1 saturated carbocycles. The molecule has 2 rings (SSSR count). The Labute approximate surface area is 196 Å². The number of nitrogens with zero attached hydrogens (tertiary/aromatic N) is 1. The summed E-state index contributed by atoms with van der Waals surface area (Å²) in [5.41, 5.74) is 0.440.